The quantitative estimate of drug-likeness (QED) is 0.821. The van der Waals surface area contributed by atoms with Gasteiger partial charge in [-0.25, -0.2) is 0 Å². The Labute approximate surface area is 100 Å². The lowest BCUT2D eigenvalue weighted by Crippen LogP contribution is -2.18. The molecule has 0 saturated heterocycles. The zero-order chi connectivity index (χ0) is 11.0. The molecule has 0 spiro atoms. The maximum atomic E-state index is 11.6. The zero-order valence-corrected chi connectivity index (χ0v) is 10.4. The number of aromatic hydroxyl groups is 1. The van der Waals surface area contributed by atoms with Crippen molar-refractivity contribution in [1.29, 1.82) is 0 Å². The van der Waals surface area contributed by atoms with Crippen LogP contribution in [-0.4, -0.2) is 9.67 Å². The van der Waals surface area contributed by atoms with Gasteiger partial charge in [-0.1, -0.05) is 0 Å². The predicted molar refractivity (Wildman–Crippen MR) is 68.3 cm³/mol. The molecule has 1 aromatic heterocycles. The Morgan fingerprint density at radius 2 is 2.13 bits per heavy atom. The van der Waals surface area contributed by atoms with E-state index < -0.39 is 0 Å². The fourth-order valence-electron chi connectivity index (χ4n) is 1.67. The van der Waals surface area contributed by atoms with Gasteiger partial charge in [-0.15, -0.1) is 0 Å². The molecular weight excluding hydrogens is 305 g/mol. The molecule has 15 heavy (non-hydrogen) atoms. The van der Waals surface area contributed by atoms with Gasteiger partial charge in [-0.2, -0.15) is 0 Å². The van der Waals surface area contributed by atoms with Gasteiger partial charge >= 0.3 is 0 Å². The SMILES string of the molecule is CCn1c(=O)cc(O)c2cc(I)ccc21. The smallest absolute Gasteiger partial charge is 0.254 e. The molecule has 0 aliphatic rings. The van der Waals surface area contributed by atoms with Crippen molar-refractivity contribution in [2.75, 3.05) is 0 Å². The molecule has 0 bridgehead atoms. The maximum Gasteiger partial charge on any atom is 0.254 e. The monoisotopic (exact) mass is 315 g/mol. The minimum atomic E-state index is -0.163. The first kappa shape index (κ1) is 10.5. The molecule has 3 nitrogen and oxygen atoms in total. The van der Waals surface area contributed by atoms with E-state index in [2.05, 4.69) is 22.6 Å². The first-order valence-electron chi connectivity index (χ1n) is 4.65. The number of aromatic nitrogens is 1. The number of fused-ring (bicyclic) bond motifs is 1. The van der Waals surface area contributed by atoms with Crippen LogP contribution in [0.25, 0.3) is 10.9 Å². The molecule has 4 heteroatoms. The normalized spacial score (nSPS) is 10.8. The van der Waals surface area contributed by atoms with E-state index >= 15 is 0 Å². The summed E-state index contributed by atoms with van der Waals surface area (Å²) in [5, 5.41) is 10.4. The number of nitrogens with zero attached hydrogens (tertiary/aromatic N) is 1. The molecule has 0 aliphatic heterocycles. The molecular formula is C11H10INO2. The molecule has 2 aromatic rings. The van der Waals surface area contributed by atoms with Gasteiger partial charge in [-0.05, 0) is 47.7 Å². The molecule has 0 amide bonds. The molecule has 78 valence electrons. The van der Waals surface area contributed by atoms with Gasteiger partial charge in [0.25, 0.3) is 5.56 Å². The summed E-state index contributed by atoms with van der Waals surface area (Å²) in [7, 11) is 0. The fourth-order valence-corrected chi connectivity index (χ4v) is 2.16. The van der Waals surface area contributed by atoms with Crippen molar-refractivity contribution >= 4 is 33.5 Å². The van der Waals surface area contributed by atoms with Gasteiger partial charge in [0.2, 0.25) is 0 Å². The second-order valence-corrected chi connectivity index (χ2v) is 4.52. The summed E-state index contributed by atoms with van der Waals surface area (Å²) in [5.74, 6) is 0.0539. The first-order valence-corrected chi connectivity index (χ1v) is 5.73. The third-order valence-corrected chi connectivity index (χ3v) is 3.04. The van der Waals surface area contributed by atoms with E-state index in [0.29, 0.717) is 6.54 Å². The lowest BCUT2D eigenvalue weighted by Gasteiger charge is -2.08. The molecule has 0 atom stereocenters. The highest BCUT2D eigenvalue weighted by molar-refractivity contribution is 14.1. The number of halogens is 1. The van der Waals surface area contributed by atoms with Crippen molar-refractivity contribution in [3.63, 3.8) is 0 Å². The Kier molecular flexibility index (Phi) is 2.68. The second-order valence-electron chi connectivity index (χ2n) is 3.27. The summed E-state index contributed by atoms with van der Waals surface area (Å²) in [6, 6.07) is 6.92. The number of aryl methyl sites for hydroxylation is 1. The third-order valence-electron chi connectivity index (χ3n) is 2.37. The van der Waals surface area contributed by atoms with Gasteiger partial charge < -0.3 is 9.67 Å². The molecule has 0 fully saturated rings. The Bertz CT molecular complexity index is 575. The van der Waals surface area contributed by atoms with Crippen molar-refractivity contribution in [3.8, 4) is 5.75 Å². The van der Waals surface area contributed by atoms with Crippen LogP contribution in [-0.2, 0) is 6.54 Å². The van der Waals surface area contributed by atoms with E-state index in [1.165, 1.54) is 6.07 Å². The van der Waals surface area contributed by atoms with E-state index in [0.717, 1.165) is 14.5 Å². The minimum absolute atomic E-state index is 0.0539. The van der Waals surface area contributed by atoms with Crippen LogP contribution in [0.15, 0.2) is 29.1 Å². The predicted octanol–water partition coefficient (Wildman–Crippen LogP) is 2.33. The Morgan fingerprint density at radius 1 is 1.40 bits per heavy atom. The largest absolute Gasteiger partial charge is 0.507 e. The summed E-state index contributed by atoms with van der Waals surface area (Å²) in [4.78, 5) is 11.6. The lowest BCUT2D eigenvalue weighted by molar-refractivity contribution is 0.479. The number of hydrogen-bond acceptors (Lipinski definition) is 2. The van der Waals surface area contributed by atoms with E-state index in [1.54, 1.807) is 4.57 Å². The Morgan fingerprint density at radius 3 is 2.80 bits per heavy atom. The fraction of sp³-hybridized carbons (Fsp3) is 0.182. The van der Waals surface area contributed by atoms with E-state index in [4.69, 9.17) is 0 Å². The molecule has 0 aliphatic carbocycles. The maximum absolute atomic E-state index is 11.6. The Hall–Kier alpha value is -1.04. The topological polar surface area (TPSA) is 42.2 Å². The van der Waals surface area contributed by atoms with Crippen LogP contribution in [0, 0.1) is 3.57 Å². The molecule has 0 radical (unpaired) electrons. The van der Waals surface area contributed by atoms with Crippen molar-refractivity contribution in [2.45, 2.75) is 13.5 Å². The summed E-state index contributed by atoms with van der Waals surface area (Å²) in [5.41, 5.74) is 0.617. The average molecular weight is 315 g/mol. The van der Waals surface area contributed by atoms with Crippen LogP contribution < -0.4 is 5.56 Å². The van der Waals surface area contributed by atoms with Gasteiger partial charge in [0, 0.05) is 21.6 Å². The van der Waals surface area contributed by atoms with Crippen molar-refractivity contribution in [3.05, 3.63) is 38.2 Å². The van der Waals surface area contributed by atoms with Gasteiger partial charge in [0.05, 0.1) is 5.52 Å². The molecule has 0 saturated carbocycles. The van der Waals surface area contributed by atoms with Crippen LogP contribution in [0.3, 0.4) is 0 Å². The second kappa shape index (κ2) is 3.84. The third kappa shape index (κ3) is 1.73. The number of benzene rings is 1. The lowest BCUT2D eigenvalue weighted by atomic mass is 10.2. The van der Waals surface area contributed by atoms with Crippen LogP contribution in [0.2, 0.25) is 0 Å². The molecule has 2 rings (SSSR count). The van der Waals surface area contributed by atoms with Gasteiger partial charge in [0.1, 0.15) is 5.75 Å². The summed E-state index contributed by atoms with van der Waals surface area (Å²) >= 11 is 2.18. The molecule has 1 N–H and O–H groups in total. The van der Waals surface area contributed by atoms with E-state index in [-0.39, 0.29) is 11.3 Å². The van der Waals surface area contributed by atoms with Crippen molar-refractivity contribution in [2.24, 2.45) is 0 Å². The van der Waals surface area contributed by atoms with Gasteiger partial charge in [0.15, 0.2) is 0 Å². The molecule has 0 unspecified atom stereocenters. The highest BCUT2D eigenvalue weighted by Gasteiger charge is 2.06. The van der Waals surface area contributed by atoms with E-state index in [1.807, 2.05) is 25.1 Å². The summed E-state index contributed by atoms with van der Waals surface area (Å²) in [6.07, 6.45) is 0. The number of pyridine rings is 1. The zero-order valence-electron chi connectivity index (χ0n) is 8.20. The van der Waals surface area contributed by atoms with Crippen LogP contribution in [0.1, 0.15) is 6.92 Å². The highest BCUT2D eigenvalue weighted by atomic mass is 127. The Balaban J connectivity index is 2.96. The van der Waals surface area contributed by atoms with Crippen LogP contribution in [0.5, 0.6) is 5.75 Å². The van der Waals surface area contributed by atoms with E-state index in [9.17, 15) is 9.90 Å². The summed E-state index contributed by atoms with van der Waals surface area (Å²) in [6.45, 7) is 2.52. The van der Waals surface area contributed by atoms with Crippen molar-refractivity contribution in [1.82, 2.24) is 4.57 Å². The minimum Gasteiger partial charge on any atom is -0.507 e. The first-order chi connectivity index (χ1) is 7.13. The summed E-state index contributed by atoms with van der Waals surface area (Å²) < 4.78 is 2.68. The van der Waals surface area contributed by atoms with Crippen molar-refractivity contribution < 1.29 is 5.11 Å². The highest BCUT2D eigenvalue weighted by Crippen LogP contribution is 2.24. The number of hydrogen-bond donors (Lipinski definition) is 1. The number of rotatable bonds is 1. The van der Waals surface area contributed by atoms with Crippen LogP contribution in [0.4, 0.5) is 0 Å². The molecule has 1 heterocycles. The standard InChI is InChI=1S/C11H10INO2/c1-2-13-9-4-3-7(12)5-8(9)10(14)6-11(13)15/h3-6,14H,2H2,1H3. The van der Waals surface area contributed by atoms with Gasteiger partial charge in [-0.3, -0.25) is 4.79 Å². The molecule has 1 aromatic carbocycles. The average Bonchev–Trinajstić information content (AvgIpc) is 2.19. The van der Waals surface area contributed by atoms with Crippen LogP contribution >= 0.6 is 22.6 Å².